The number of para-hydroxylation sites is 1. The summed E-state index contributed by atoms with van der Waals surface area (Å²) in [5, 5.41) is 11.4. The largest absolute Gasteiger partial charge is 0.482 e. The molecule has 0 radical (unpaired) electrons. The van der Waals surface area contributed by atoms with Gasteiger partial charge in [0.15, 0.2) is 13.2 Å². The Morgan fingerprint density at radius 1 is 1.07 bits per heavy atom. The van der Waals surface area contributed by atoms with Gasteiger partial charge >= 0.3 is 5.97 Å². The van der Waals surface area contributed by atoms with Crippen molar-refractivity contribution in [2.75, 3.05) is 24.3 Å². The smallest absolute Gasteiger partial charge is 0.344 e. The summed E-state index contributed by atoms with van der Waals surface area (Å²) in [7, 11) is 0. The Morgan fingerprint density at radius 3 is 2.41 bits per heavy atom. The molecule has 0 aliphatic carbocycles. The number of hydrogen-bond acceptors (Lipinski definition) is 6. The number of hydrogen-bond donors (Lipinski definition) is 1. The average molecular weight is 413 g/mol. The number of rotatable bonds is 8. The average Bonchev–Trinajstić information content (AvgIpc) is 2.69. The van der Waals surface area contributed by atoms with Gasteiger partial charge in [0.1, 0.15) is 5.75 Å². The molecule has 0 unspecified atom stereocenters. The number of carbonyl (C=O) groups excluding carboxylic acids is 2. The monoisotopic (exact) mass is 412 g/mol. The van der Waals surface area contributed by atoms with Crippen LogP contribution in [0.5, 0.6) is 5.75 Å². The molecule has 7 heteroatoms. The highest BCUT2D eigenvalue weighted by Crippen LogP contribution is 2.26. The van der Waals surface area contributed by atoms with Gasteiger partial charge in [-0.1, -0.05) is 45.0 Å². The molecule has 1 N–H and O–H groups in total. The number of anilines is 1. The molecular weight excluding hydrogens is 388 g/mol. The van der Waals surface area contributed by atoms with Crippen LogP contribution in [0.3, 0.4) is 0 Å². The molecule has 0 saturated heterocycles. The number of thioether (sulfide) groups is 1. The Labute approximate surface area is 175 Å². The van der Waals surface area contributed by atoms with E-state index in [2.05, 4.69) is 26.1 Å². The van der Waals surface area contributed by atoms with Gasteiger partial charge in [0, 0.05) is 4.90 Å². The third kappa shape index (κ3) is 7.51. The van der Waals surface area contributed by atoms with Crippen molar-refractivity contribution in [3.63, 3.8) is 0 Å². The van der Waals surface area contributed by atoms with E-state index < -0.39 is 18.5 Å². The molecular formula is C22H24N2O4S. The quantitative estimate of drug-likeness (QED) is 0.517. The molecule has 0 fully saturated rings. The van der Waals surface area contributed by atoms with Crippen molar-refractivity contribution >= 4 is 29.3 Å². The molecule has 0 aliphatic heterocycles. The number of carbonyl (C=O) groups is 2. The highest BCUT2D eigenvalue weighted by molar-refractivity contribution is 7.99. The van der Waals surface area contributed by atoms with Gasteiger partial charge in [-0.25, -0.2) is 4.79 Å². The first-order valence-electron chi connectivity index (χ1n) is 9.07. The van der Waals surface area contributed by atoms with E-state index in [1.54, 1.807) is 24.3 Å². The van der Waals surface area contributed by atoms with Crippen molar-refractivity contribution in [1.82, 2.24) is 0 Å². The molecule has 0 aliphatic rings. The van der Waals surface area contributed by atoms with Crippen LogP contribution in [-0.4, -0.2) is 30.8 Å². The minimum atomic E-state index is -0.632. The zero-order valence-electron chi connectivity index (χ0n) is 16.7. The maximum Gasteiger partial charge on any atom is 0.344 e. The minimum Gasteiger partial charge on any atom is -0.482 e. The van der Waals surface area contributed by atoms with Crippen molar-refractivity contribution < 1.29 is 19.1 Å². The number of esters is 1. The standard InChI is InChI=1S/C22H24N2O4S/c1-22(2,3)16-8-10-17(11-9-16)27-15-21(26)28-14-20(25)24-18-6-4-5-7-19(18)29-13-12-23/h4-11H,13-15H2,1-3H3,(H,24,25). The van der Waals surface area contributed by atoms with Crippen molar-refractivity contribution in [3.8, 4) is 11.8 Å². The molecule has 0 atom stereocenters. The van der Waals surface area contributed by atoms with E-state index in [1.165, 1.54) is 11.8 Å². The van der Waals surface area contributed by atoms with Gasteiger partial charge in [0.2, 0.25) is 0 Å². The van der Waals surface area contributed by atoms with Gasteiger partial charge in [-0.2, -0.15) is 5.26 Å². The van der Waals surface area contributed by atoms with E-state index in [4.69, 9.17) is 14.7 Å². The van der Waals surface area contributed by atoms with Gasteiger partial charge in [-0.3, -0.25) is 4.79 Å². The van der Waals surface area contributed by atoms with Crippen LogP contribution in [0.2, 0.25) is 0 Å². The first-order valence-corrected chi connectivity index (χ1v) is 10.1. The van der Waals surface area contributed by atoms with E-state index in [0.29, 0.717) is 11.4 Å². The van der Waals surface area contributed by atoms with Crippen LogP contribution in [0, 0.1) is 11.3 Å². The molecule has 0 saturated carbocycles. The summed E-state index contributed by atoms with van der Waals surface area (Å²) >= 11 is 1.32. The summed E-state index contributed by atoms with van der Waals surface area (Å²) < 4.78 is 10.4. The van der Waals surface area contributed by atoms with Crippen LogP contribution in [0.4, 0.5) is 5.69 Å². The van der Waals surface area contributed by atoms with Crippen LogP contribution in [0.1, 0.15) is 26.3 Å². The van der Waals surface area contributed by atoms with Crippen molar-refractivity contribution in [2.45, 2.75) is 31.1 Å². The van der Waals surface area contributed by atoms with Gasteiger partial charge in [-0.15, -0.1) is 11.8 Å². The van der Waals surface area contributed by atoms with Crippen LogP contribution in [-0.2, 0) is 19.7 Å². The zero-order valence-corrected chi connectivity index (χ0v) is 17.5. The summed E-state index contributed by atoms with van der Waals surface area (Å²) in [5.41, 5.74) is 1.78. The van der Waals surface area contributed by atoms with Gasteiger partial charge in [0.05, 0.1) is 17.5 Å². The maximum atomic E-state index is 12.0. The number of nitriles is 1. The molecule has 0 heterocycles. The number of ether oxygens (including phenoxy) is 2. The fourth-order valence-electron chi connectivity index (χ4n) is 2.37. The predicted octanol–water partition coefficient (Wildman–Crippen LogP) is 4.16. The first kappa shape index (κ1) is 22.3. The normalized spacial score (nSPS) is 10.7. The number of nitrogens with zero attached hydrogens (tertiary/aromatic N) is 1. The third-order valence-corrected chi connectivity index (χ3v) is 4.84. The van der Waals surface area contributed by atoms with E-state index in [9.17, 15) is 9.59 Å². The van der Waals surface area contributed by atoms with Crippen LogP contribution < -0.4 is 10.1 Å². The topological polar surface area (TPSA) is 88.4 Å². The van der Waals surface area contributed by atoms with Crippen molar-refractivity contribution in [1.29, 1.82) is 5.26 Å². The summed E-state index contributed by atoms with van der Waals surface area (Å²) in [6.45, 7) is 5.66. The Bertz CT molecular complexity index is 883. The number of nitrogens with one attached hydrogen (secondary N) is 1. The van der Waals surface area contributed by atoms with Crippen LogP contribution in [0.15, 0.2) is 53.4 Å². The van der Waals surface area contributed by atoms with E-state index in [-0.39, 0.29) is 17.8 Å². The molecule has 0 aromatic heterocycles. The second-order valence-corrected chi connectivity index (χ2v) is 8.23. The van der Waals surface area contributed by atoms with Gasteiger partial charge < -0.3 is 14.8 Å². The summed E-state index contributed by atoms with van der Waals surface area (Å²) in [6.07, 6.45) is 0. The van der Waals surface area contributed by atoms with Gasteiger partial charge in [-0.05, 0) is 35.2 Å². The summed E-state index contributed by atoms with van der Waals surface area (Å²) in [5.74, 6) is -0.261. The third-order valence-electron chi connectivity index (χ3n) is 3.89. The fraction of sp³-hybridized carbons (Fsp3) is 0.318. The van der Waals surface area contributed by atoms with E-state index in [1.807, 2.05) is 30.3 Å². The fourth-order valence-corrected chi connectivity index (χ4v) is 3.04. The first-order chi connectivity index (χ1) is 13.8. The highest BCUT2D eigenvalue weighted by atomic mass is 32.2. The molecule has 2 aromatic carbocycles. The Hall–Kier alpha value is -2.98. The molecule has 0 spiro atoms. The highest BCUT2D eigenvalue weighted by Gasteiger charge is 2.14. The lowest BCUT2D eigenvalue weighted by molar-refractivity contribution is -0.149. The lowest BCUT2D eigenvalue weighted by Gasteiger charge is -2.19. The maximum absolute atomic E-state index is 12.0. The summed E-state index contributed by atoms with van der Waals surface area (Å²) in [6, 6.07) is 16.7. The van der Waals surface area contributed by atoms with Crippen molar-refractivity contribution in [3.05, 3.63) is 54.1 Å². The number of benzene rings is 2. The second kappa shape index (κ2) is 10.5. The molecule has 2 rings (SSSR count). The summed E-state index contributed by atoms with van der Waals surface area (Å²) in [4.78, 5) is 24.7. The molecule has 29 heavy (non-hydrogen) atoms. The number of amides is 1. The Balaban J connectivity index is 1.78. The van der Waals surface area contributed by atoms with E-state index in [0.717, 1.165) is 10.5 Å². The minimum absolute atomic E-state index is 0.0382. The Kier molecular flexibility index (Phi) is 8.10. The lowest BCUT2D eigenvalue weighted by atomic mass is 9.87. The van der Waals surface area contributed by atoms with Crippen LogP contribution >= 0.6 is 11.8 Å². The van der Waals surface area contributed by atoms with E-state index >= 15 is 0 Å². The SMILES string of the molecule is CC(C)(C)c1ccc(OCC(=O)OCC(=O)Nc2ccccc2SCC#N)cc1. The second-order valence-electron chi connectivity index (χ2n) is 7.21. The molecule has 2 aromatic rings. The van der Waals surface area contributed by atoms with Gasteiger partial charge in [0.25, 0.3) is 5.91 Å². The molecule has 0 bridgehead atoms. The molecule has 6 nitrogen and oxygen atoms in total. The zero-order chi connectivity index (χ0) is 21.3. The predicted molar refractivity (Wildman–Crippen MR) is 113 cm³/mol. The van der Waals surface area contributed by atoms with Crippen LogP contribution in [0.25, 0.3) is 0 Å². The Morgan fingerprint density at radius 2 is 1.76 bits per heavy atom. The molecule has 1 amide bonds. The lowest BCUT2D eigenvalue weighted by Crippen LogP contribution is -2.23. The molecule has 152 valence electrons. The van der Waals surface area contributed by atoms with Crippen molar-refractivity contribution in [2.24, 2.45) is 0 Å².